The number of benzene rings is 2. The van der Waals surface area contributed by atoms with Crippen LogP contribution in [0.3, 0.4) is 0 Å². The summed E-state index contributed by atoms with van der Waals surface area (Å²) in [7, 11) is 0. The van der Waals surface area contributed by atoms with Crippen LogP contribution in [-0.2, 0) is 24.1 Å². The summed E-state index contributed by atoms with van der Waals surface area (Å²) in [5, 5.41) is 11.1. The molecule has 170 valence electrons. The van der Waals surface area contributed by atoms with E-state index in [1.54, 1.807) is 4.57 Å². The number of thioether (sulfide) groups is 1. The van der Waals surface area contributed by atoms with E-state index in [2.05, 4.69) is 31.4 Å². The minimum atomic E-state index is -4.54. The SMILES string of the molecule is CCn1c(COc2ccc(Br)cc2)nnc1SCC(=O)Nc1cc(C(F)(F)F)ccc1Cl. The van der Waals surface area contributed by atoms with Crippen LogP contribution >= 0.6 is 39.3 Å². The van der Waals surface area contributed by atoms with Crippen LogP contribution in [0.2, 0.25) is 5.02 Å². The third-order valence-electron chi connectivity index (χ3n) is 4.19. The lowest BCUT2D eigenvalue weighted by Gasteiger charge is -2.12. The Labute approximate surface area is 199 Å². The molecule has 1 amide bonds. The van der Waals surface area contributed by atoms with Crippen molar-refractivity contribution in [3.05, 3.63) is 63.3 Å². The van der Waals surface area contributed by atoms with E-state index < -0.39 is 17.6 Å². The van der Waals surface area contributed by atoms with Crippen molar-refractivity contribution in [2.45, 2.75) is 31.4 Å². The fraction of sp³-hybridized carbons (Fsp3) is 0.250. The number of nitrogens with zero attached hydrogens (tertiary/aromatic N) is 3. The second-order valence-electron chi connectivity index (χ2n) is 6.41. The molecule has 0 spiro atoms. The second-order valence-corrected chi connectivity index (χ2v) is 8.68. The number of hydrogen-bond donors (Lipinski definition) is 1. The summed E-state index contributed by atoms with van der Waals surface area (Å²) in [6, 6.07) is 10.1. The predicted octanol–water partition coefficient (Wildman–Crippen LogP) is 6.04. The Bertz CT molecular complexity index is 1090. The van der Waals surface area contributed by atoms with E-state index in [-0.39, 0.29) is 23.1 Å². The van der Waals surface area contributed by atoms with Gasteiger partial charge in [-0.3, -0.25) is 4.79 Å². The molecule has 6 nitrogen and oxygen atoms in total. The van der Waals surface area contributed by atoms with Gasteiger partial charge in [-0.2, -0.15) is 13.2 Å². The van der Waals surface area contributed by atoms with Crippen molar-refractivity contribution < 1.29 is 22.7 Å². The van der Waals surface area contributed by atoms with E-state index in [1.807, 2.05) is 31.2 Å². The lowest BCUT2D eigenvalue weighted by molar-refractivity contribution is -0.137. The van der Waals surface area contributed by atoms with Crippen molar-refractivity contribution in [1.29, 1.82) is 0 Å². The van der Waals surface area contributed by atoms with Crippen molar-refractivity contribution in [3.8, 4) is 5.75 Å². The molecule has 3 rings (SSSR count). The van der Waals surface area contributed by atoms with Gasteiger partial charge < -0.3 is 14.6 Å². The van der Waals surface area contributed by atoms with Crippen LogP contribution in [0.4, 0.5) is 18.9 Å². The first-order chi connectivity index (χ1) is 15.2. The summed E-state index contributed by atoms with van der Waals surface area (Å²) in [4.78, 5) is 12.3. The Morgan fingerprint density at radius 3 is 2.59 bits per heavy atom. The number of ether oxygens (including phenoxy) is 1. The topological polar surface area (TPSA) is 69.0 Å². The largest absolute Gasteiger partial charge is 0.486 e. The highest BCUT2D eigenvalue weighted by Gasteiger charge is 2.31. The van der Waals surface area contributed by atoms with Gasteiger partial charge in [-0.1, -0.05) is 39.3 Å². The van der Waals surface area contributed by atoms with Crippen LogP contribution in [0.15, 0.2) is 52.1 Å². The van der Waals surface area contributed by atoms with Crippen LogP contribution in [0.25, 0.3) is 0 Å². The summed E-state index contributed by atoms with van der Waals surface area (Å²) in [5.41, 5.74) is -1.00. The predicted molar refractivity (Wildman–Crippen MR) is 120 cm³/mol. The summed E-state index contributed by atoms with van der Waals surface area (Å²) >= 11 is 10.4. The van der Waals surface area contributed by atoms with Crippen LogP contribution in [0.5, 0.6) is 5.75 Å². The third kappa shape index (κ3) is 6.39. The zero-order valence-corrected chi connectivity index (χ0v) is 19.8. The molecule has 0 atom stereocenters. The Kier molecular flexibility index (Phi) is 8.07. The number of anilines is 1. The molecule has 1 heterocycles. The van der Waals surface area contributed by atoms with Crippen LogP contribution in [0.1, 0.15) is 18.3 Å². The van der Waals surface area contributed by atoms with Gasteiger partial charge >= 0.3 is 6.18 Å². The van der Waals surface area contributed by atoms with Crippen LogP contribution in [-0.4, -0.2) is 26.4 Å². The van der Waals surface area contributed by atoms with E-state index in [9.17, 15) is 18.0 Å². The fourth-order valence-corrected chi connectivity index (χ4v) is 3.89. The summed E-state index contributed by atoms with van der Waals surface area (Å²) < 4.78 is 47.1. The molecule has 0 aliphatic heterocycles. The summed E-state index contributed by atoms with van der Waals surface area (Å²) in [6.45, 7) is 2.64. The van der Waals surface area contributed by atoms with Gasteiger partial charge in [0.15, 0.2) is 11.0 Å². The zero-order valence-electron chi connectivity index (χ0n) is 16.6. The molecule has 0 bridgehead atoms. The van der Waals surface area contributed by atoms with Crippen molar-refractivity contribution >= 4 is 50.9 Å². The molecular formula is C20H17BrClF3N4O2S. The highest BCUT2D eigenvalue weighted by Crippen LogP contribution is 2.34. The van der Waals surface area contributed by atoms with E-state index in [4.69, 9.17) is 16.3 Å². The van der Waals surface area contributed by atoms with Crippen LogP contribution in [0, 0.1) is 0 Å². The molecule has 0 saturated carbocycles. The van der Waals surface area contributed by atoms with E-state index in [0.29, 0.717) is 23.3 Å². The van der Waals surface area contributed by atoms with E-state index in [1.165, 1.54) is 0 Å². The van der Waals surface area contributed by atoms with Gasteiger partial charge in [0.1, 0.15) is 12.4 Å². The van der Waals surface area contributed by atoms with E-state index in [0.717, 1.165) is 34.4 Å². The summed E-state index contributed by atoms with van der Waals surface area (Å²) in [6.07, 6.45) is -4.54. The third-order valence-corrected chi connectivity index (χ3v) is 6.02. The monoisotopic (exact) mass is 548 g/mol. The Morgan fingerprint density at radius 1 is 1.22 bits per heavy atom. The standard InChI is InChI=1S/C20H17BrClF3N4O2S/c1-2-29-17(10-31-14-6-4-13(21)5-7-14)27-28-19(29)32-11-18(30)26-16-9-12(20(23,24)25)3-8-15(16)22/h3-9H,2,10-11H2,1H3,(H,26,30). The number of carbonyl (C=O) groups excluding carboxylic acids is 1. The number of aromatic nitrogens is 3. The molecule has 12 heteroatoms. The number of amides is 1. The van der Waals surface area contributed by atoms with Crippen molar-refractivity contribution in [2.75, 3.05) is 11.1 Å². The lowest BCUT2D eigenvalue weighted by atomic mass is 10.2. The first kappa shape index (κ1) is 24.4. The molecule has 0 aliphatic rings. The Balaban J connectivity index is 1.61. The zero-order chi connectivity index (χ0) is 23.3. The van der Waals surface area contributed by atoms with Crippen molar-refractivity contribution in [2.24, 2.45) is 0 Å². The lowest BCUT2D eigenvalue weighted by Crippen LogP contribution is -2.16. The van der Waals surface area contributed by atoms with Gasteiger partial charge in [0, 0.05) is 11.0 Å². The second kappa shape index (κ2) is 10.6. The van der Waals surface area contributed by atoms with Crippen molar-refractivity contribution in [3.63, 3.8) is 0 Å². The number of carbonyl (C=O) groups is 1. The first-order valence-corrected chi connectivity index (χ1v) is 11.4. The Morgan fingerprint density at radius 2 is 1.94 bits per heavy atom. The van der Waals surface area contributed by atoms with Gasteiger partial charge in [0.25, 0.3) is 0 Å². The molecule has 3 aromatic rings. The minimum Gasteiger partial charge on any atom is -0.486 e. The van der Waals surface area contributed by atoms with Gasteiger partial charge in [-0.25, -0.2) is 0 Å². The Hall–Kier alpha value is -2.24. The number of halogens is 5. The number of hydrogen-bond acceptors (Lipinski definition) is 5. The maximum Gasteiger partial charge on any atom is 0.416 e. The molecule has 0 aliphatic carbocycles. The highest BCUT2D eigenvalue weighted by molar-refractivity contribution is 9.10. The maximum atomic E-state index is 12.9. The molecule has 0 unspecified atom stereocenters. The van der Waals surface area contributed by atoms with Crippen molar-refractivity contribution in [1.82, 2.24) is 14.8 Å². The molecule has 1 aromatic heterocycles. The fourth-order valence-electron chi connectivity index (χ4n) is 2.64. The molecule has 0 fully saturated rings. The van der Waals surface area contributed by atoms with Crippen LogP contribution < -0.4 is 10.1 Å². The number of alkyl halides is 3. The molecule has 0 radical (unpaired) electrons. The van der Waals surface area contributed by atoms with Gasteiger partial charge in [-0.15, -0.1) is 10.2 Å². The smallest absolute Gasteiger partial charge is 0.416 e. The summed E-state index contributed by atoms with van der Waals surface area (Å²) in [5.74, 6) is 0.650. The molecule has 0 saturated heterocycles. The number of rotatable bonds is 8. The van der Waals surface area contributed by atoms with Gasteiger partial charge in [-0.05, 0) is 49.4 Å². The molecule has 32 heavy (non-hydrogen) atoms. The minimum absolute atomic E-state index is 0.0143. The normalized spacial score (nSPS) is 11.4. The van der Waals surface area contributed by atoms with Gasteiger partial charge in [0.05, 0.1) is 22.0 Å². The molecular weight excluding hydrogens is 533 g/mol. The quantitative estimate of drug-likeness (QED) is 0.347. The first-order valence-electron chi connectivity index (χ1n) is 9.27. The average molecular weight is 550 g/mol. The van der Waals surface area contributed by atoms with E-state index >= 15 is 0 Å². The number of nitrogens with one attached hydrogen (secondary N) is 1. The highest BCUT2D eigenvalue weighted by atomic mass is 79.9. The average Bonchev–Trinajstić information content (AvgIpc) is 3.14. The van der Waals surface area contributed by atoms with Gasteiger partial charge in [0.2, 0.25) is 5.91 Å². The maximum absolute atomic E-state index is 12.9. The molecule has 1 N–H and O–H groups in total. The molecule has 2 aromatic carbocycles.